The van der Waals surface area contributed by atoms with Crippen LogP contribution in [0.4, 0.5) is 0 Å². The number of nitrogens with zero attached hydrogens (tertiary/aromatic N) is 2. The molecule has 3 aromatic rings. The van der Waals surface area contributed by atoms with Crippen LogP contribution in [0, 0.1) is 12.8 Å². The second-order valence-electron chi connectivity index (χ2n) is 5.97. The molecule has 0 radical (unpaired) electrons. The summed E-state index contributed by atoms with van der Waals surface area (Å²) in [6, 6.07) is 5.94. The third kappa shape index (κ3) is 4.15. The lowest BCUT2D eigenvalue weighted by Crippen LogP contribution is -2.27. The molecular weight excluding hydrogens is 342 g/mol. The topological polar surface area (TPSA) is 68.0 Å². The molecule has 2 aromatic heterocycles. The molecule has 7 heteroatoms. The maximum Gasteiger partial charge on any atom is 0.270 e. The molecule has 2 heterocycles. The van der Waals surface area contributed by atoms with Gasteiger partial charge in [-0.1, -0.05) is 31.7 Å². The molecule has 0 aliphatic carbocycles. The van der Waals surface area contributed by atoms with E-state index < -0.39 is 0 Å². The molecule has 0 saturated heterocycles. The number of thioether (sulfide) groups is 1. The average molecular weight is 361 g/mol. The number of aromatic nitrogens is 2. The summed E-state index contributed by atoms with van der Waals surface area (Å²) in [5.74, 6) is 0.937. The van der Waals surface area contributed by atoms with Crippen LogP contribution in [0.15, 0.2) is 33.2 Å². The molecule has 0 spiro atoms. The minimum Gasteiger partial charge on any atom is -0.431 e. The van der Waals surface area contributed by atoms with E-state index in [0.717, 1.165) is 21.7 Å². The minimum absolute atomic E-state index is 0.117. The zero-order valence-corrected chi connectivity index (χ0v) is 15.5. The zero-order chi connectivity index (χ0) is 17.1. The molecule has 1 aromatic carbocycles. The summed E-state index contributed by atoms with van der Waals surface area (Å²) < 4.78 is 5.71. The van der Waals surface area contributed by atoms with Crippen LogP contribution in [0.2, 0.25) is 0 Å². The van der Waals surface area contributed by atoms with Gasteiger partial charge in [0.25, 0.3) is 11.1 Å². The summed E-state index contributed by atoms with van der Waals surface area (Å²) in [4.78, 5) is 20.8. The predicted octanol–water partition coefficient (Wildman–Crippen LogP) is 4.27. The number of aryl methyl sites for hydroxylation is 1. The van der Waals surface area contributed by atoms with Crippen LogP contribution in [0.5, 0.6) is 0 Å². The Bertz CT molecular complexity index is 855. The van der Waals surface area contributed by atoms with Gasteiger partial charge in [0, 0.05) is 11.9 Å². The number of carbonyl (C=O) groups excluding carboxylic acids is 1. The van der Waals surface area contributed by atoms with Gasteiger partial charge in [-0.15, -0.1) is 11.3 Å². The van der Waals surface area contributed by atoms with Gasteiger partial charge in [0.05, 0.1) is 5.75 Å². The lowest BCUT2D eigenvalue weighted by Gasteiger charge is -2.05. The van der Waals surface area contributed by atoms with Crippen molar-refractivity contribution in [1.82, 2.24) is 15.3 Å². The molecule has 0 aliphatic rings. The van der Waals surface area contributed by atoms with Crippen molar-refractivity contribution in [2.24, 2.45) is 5.92 Å². The first-order valence-electron chi connectivity index (χ1n) is 7.74. The Hall–Kier alpha value is -1.86. The highest BCUT2D eigenvalue weighted by atomic mass is 32.2. The van der Waals surface area contributed by atoms with E-state index in [1.165, 1.54) is 23.1 Å². The van der Waals surface area contributed by atoms with Gasteiger partial charge in [0.1, 0.15) is 16.2 Å². The number of benzene rings is 1. The largest absolute Gasteiger partial charge is 0.431 e. The van der Waals surface area contributed by atoms with Crippen molar-refractivity contribution in [3.05, 3.63) is 39.8 Å². The smallest absolute Gasteiger partial charge is 0.270 e. The summed E-state index contributed by atoms with van der Waals surface area (Å²) in [5, 5.41) is 6.17. The van der Waals surface area contributed by atoms with E-state index in [-0.39, 0.29) is 5.91 Å². The van der Waals surface area contributed by atoms with E-state index in [2.05, 4.69) is 29.1 Å². The Labute approximate surface area is 148 Å². The highest BCUT2D eigenvalue weighted by molar-refractivity contribution is 7.98. The van der Waals surface area contributed by atoms with Crippen molar-refractivity contribution in [3.8, 4) is 0 Å². The maximum atomic E-state index is 12.0. The molecule has 0 aliphatic heterocycles. The number of rotatable bonds is 6. The van der Waals surface area contributed by atoms with E-state index in [0.29, 0.717) is 29.1 Å². The van der Waals surface area contributed by atoms with Crippen molar-refractivity contribution in [2.45, 2.75) is 31.7 Å². The number of nitrogens with one attached hydrogen (secondary N) is 1. The maximum absolute atomic E-state index is 12.0. The number of carbonyl (C=O) groups is 1. The van der Waals surface area contributed by atoms with Crippen molar-refractivity contribution >= 4 is 40.1 Å². The fraction of sp³-hybridized carbons (Fsp3) is 0.353. The van der Waals surface area contributed by atoms with Crippen LogP contribution in [-0.4, -0.2) is 22.4 Å². The second kappa shape index (κ2) is 7.36. The number of hydrogen-bond donors (Lipinski definition) is 1. The third-order valence-corrected chi connectivity index (χ3v) is 5.17. The van der Waals surface area contributed by atoms with Crippen molar-refractivity contribution in [3.63, 3.8) is 0 Å². The first kappa shape index (κ1) is 17.0. The number of thiazole rings is 1. The monoisotopic (exact) mass is 361 g/mol. The minimum atomic E-state index is -0.117. The number of amides is 1. The Morgan fingerprint density at radius 3 is 3.00 bits per heavy atom. The Morgan fingerprint density at radius 2 is 2.21 bits per heavy atom. The Morgan fingerprint density at radius 1 is 1.38 bits per heavy atom. The summed E-state index contributed by atoms with van der Waals surface area (Å²) in [6.07, 6.45) is 0. The Kier molecular flexibility index (Phi) is 5.20. The standard InChI is InChI=1S/C17H19N3O2S2/c1-10(2)7-18-16(21)13-8-23-15(19-13)9-24-17-20-12-6-11(3)4-5-14(12)22-17/h4-6,8,10H,7,9H2,1-3H3,(H,18,21). The van der Waals surface area contributed by atoms with Crippen LogP contribution in [0.1, 0.15) is 34.9 Å². The molecule has 0 bridgehead atoms. The fourth-order valence-electron chi connectivity index (χ4n) is 2.07. The van der Waals surface area contributed by atoms with E-state index in [4.69, 9.17) is 4.42 Å². The summed E-state index contributed by atoms with van der Waals surface area (Å²) in [7, 11) is 0. The van der Waals surface area contributed by atoms with Gasteiger partial charge in [0.15, 0.2) is 5.58 Å². The normalized spacial score (nSPS) is 11.3. The molecule has 0 atom stereocenters. The second-order valence-corrected chi connectivity index (χ2v) is 7.84. The van der Waals surface area contributed by atoms with E-state index >= 15 is 0 Å². The van der Waals surface area contributed by atoms with Gasteiger partial charge in [-0.2, -0.15) is 0 Å². The van der Waals surface area contributed by atoms with Crippen LogP contribution in [-0.2, 0) is 5.75 Å². The van der Waals surface area contributed by atoms with Crippen LogP contribution in [0.3, 0.4) is 0 Å². The zero-order valence-electron chi connectivity index (χ0n) is 13.8. The first-order chi connectivity index (χ1) is 11.5. The number of hydrogen-bond acceptors (Lipinski definition) is 6. The molecule has 1 N–H and O–H groups in total. The van der Waals surface area contributed by atoms with Gasteiger partial charge in [-0.3, -0.25) is 4.79 Å². The third-order valence-electron chi connectivity index (χ3n) is 3.30. The summed E-state index contributed by atoms with van der Waals surface area (Å²) in [6.45, 7) is 6.81. The first-order valence-corrected chi connectivity index (χ1v) is 9.60. The van der Waals surface area contributed by atoms with Crippen LogP contribution < -0.4 is 5.32 Å². The van der Waals surface area contributed by atoms with E-state index in [9.17, 15) is 4.79 Å². The van der Waals surface area contributed by atoms with Gasteiger partial charge >= 0.3 is 0 Å². The van der Waals surface area contributed by atoms with Gasteiger partial charge < -0.3 is 9.73 Å². The molecular formula is C17H19N3O2S2. The van der Waals surface area contributed by atoms with Crippen molar-refractivity contribution in [2.75, 3.05) is 6.54 Å². The molecule has 5 nitrogen and oxygen atoms in total. The van der Waals surface area contributed by atoms with Gasteiger partial charge in [-0.25, -0.2) is 9.97 Å². The predicted molar refractivity (Wildman–Crippen MR) is 97.6 cm³/mol. The molecule has 24 heavy (non-hydrogen) atoms. The van der Waals surface area contributed by atoms with Crippen LogP contribution >= 0.6 is 23.1 Å². The summed E-state index contributed by atoms with van der Waals surface area (Å²) in [5.41, 5.74) is 3.29. The quantitative estimate of drug-likeness (QED) is 0.664. The Balaban J connectivity index is 1.61. The average Bonchev–Trinajstić information content (AvgIpc) is 3.16. The fourth-order valence-corrected chi connectivity index (χ4v) is 3.70. The van der Waals surface area contributed by atoms with Gasteiger partial charge in [0.2, 0.25) is 0 Å². The number of fused-ring (bicyclic) bond motifs is 1. The lowest BCUT2D eigenvalue weighted by atomic mass is 10.2. The van der Waals surface area contributed by atoms with Crippen LogP contribution in [0.25, 0.3) is 11.1 Å². The molecule has 3 rings (SSSR count). The molecule has 0 unspecified atom stereocenters. The molecule has 126 valence electrons. The van der Waals surface area contributed by atoms with Crippen molar-refractivity contribution in [1.29, 1.82) is 0 Å². The molecule has 0 saturated carbocycles. The molecule has 1 amide bonds. The van der Waals surface area contributed by atoms with Gasteiger partial charge in [-0.05, 0) is 30.5 Å². The molecule has 0 fully saturated rings. The van der Waals surface area contributed by atoms with E-state index in [1.54, 1.807) is 5.38 Å². The SMILES string of the molecule is Cc1ccc2oc(SCc3nc(C(=O)NCC(C)C)cs3)nc2c1. The highest BCUT2D eigenvalue weighted by Gasteiger charge is 2.12. The van der Waals surface area contributed by atoms with E-state index in [1.807, 2.05) is 25.1 Å². The number of oxazole rings is 1. The van der Waals surface area contributed by atoms with Crippen molar-refractivity contribution < 1.29 is 9.21 Å². The lowest BCUT2D eigenvalue weighted by molar-refractivity contribution is 0.0944. The highest BCUT2D eigenvalue weighted by Crippen LogP contribution is 2.27. The summed E-state index contributed by atoms with van der Waals surface area (Å²) >= 11 is 2.97.